The van der Waals surface area contributed by atoms with Gasteiger partial charge in [-0.2, -0.15) is 5.10 Å². The molecule has 3 rings (SSSR count). The fraction of sp³-hybridized carbons (Fsp3) is 0.261. The Morgan fingerprint density at radius 1 is 1.03 bits per heavy atom. The molecule has 2 unspecified atom stereocenters. The van der Waals surface area contributed by atoms with E-state index in [1.807, 2.05) is 55.5 Å². The van der Waals surface area contributed by atoms with Gasteiger partial charge in [-0.15, -0.1) is 0 Å². The van der Waals surface area contributed by atoms with Gasteiger partial charge in [0.25, 0.3) is 0 Å². The quantitative estimate of drug-likeness (QED) is 0.438. The topological polar surface area (TPSA) is 107 Å². The van der Waals surface area contributed by atoms with Gasteiger partial charge < -0.3 is 15.7 Å². The maximum absolute atomic E-state index is 12.8. The Bertz CT molecular complexity index is 957. The normalized spacial score (nSPS) is 12.7. The molecule has 0 saturated heterocycles. The van der Waals surface area contributed by atoms with Crippen molar-refractivity contribution in [3.63, 3.8) is 0 Å². The van der Waals surface area contributed by atoms with Crippen LogP contribution in [0.5, 0.6) is 0 Å². The molecule has 0 bridgehead atoms. The summed E-state index contributed by atoms with van der Waals surface area (Å²) in [5.74, 6) is -1.07. The summed E-state index contributed by atoms with van der Waals surface area (Å²) in [5.41, 5.74) is 2.44. The number of amides is 2. The van der Waals surface area contributed by atoms with Crippen LogP contribution in [0.2, 0.25) is 0 Å². The molecule has 0 saturated carbocycles. The van der Waals surface area contributed by atoms with Crippen molar-refractivity contribution in [3.05, 3.63) is 72.3 Å². The van der Waals surface area contributed by atoms with Gasteiger partial charge in [-0.25, -0.2) is 0 Å². The smallest absolute Gasteiger partial charge is 0.248 e. The lowest BCUT2D eigenvalue weighted by Gasteiger charge is -2.21. The average molecular weight is 406 g/mol. The summed E-state index contributed by atoms with van der Waals surface area (Å²) in [6, 6.07) is 19.7. The number of aromatic nitrogens is 2. The zero-order chi connectivity index (χ0) is 21.3. The van der Waals surface area contributed by atoms with E-state index in [1.165, 1.54) is 0 Å². The highest BCUT2D eigenvalue weighted by Crippen LogP contribution is 2.20. The minimum atomic E-state index is -0.728. The molecule has 0 aliphatic rings. The number of H-pyrrole nitrogens is 1. The van der Waals surface area contributed by atoms with E-state index in [-0.39, 0.29) is 18.4 Å². The Kier molecular flexibility index (Phi) is 7.34. The molecule has 1 aromatic heterocycles. The number of carbonyl (C=O) groups excluding carboxylic acids is 2. The van der Waals surface area contributed by atoms with Gasteiger partial charge in [0.1, 0.15) is 6.04 Å². The van der Waals surface area contributed by atoms with Crippen LogP contribution < -0.4 is 10.6 Å². The fourth-order valence-electron chi connectivity index (χ4n) is 3.22. The van der Waals surface area contributed by atoms with Gasteiger partial charge in [-0.1, -0.05) is 74.0 Å². The van der Waals surface area contributed by atoms with Crippen molar-refractivity contribution in [1.82, 2.24) is 15.5 Å². The van der Waals surface area contributed by atoms with Crippen LogP contribution in [-0.2, 0) is 9.59 Å². The number of hydrogen-bond acceptors (Lipinski definition) is 4. The van der Waals surface area contributed by atoms with Crippen LogP contribution in [0, 0.1) is 0 Å². The predicted molar refractivity (Wildman–Crippen MR) is 116 cm³/mol. The number of benzene rings is 2. The molecule has 0 fully saturated rings. The summed E-state index contributed by atoms with van der Waals surface area (Å²) in [6.45, 7) is 1.60. The number of hydrogen-bond donors (Lipinski definition) is 4. The van der Waals surface area contributed by atoms with Crippen molar-refractivity contribution in [3.8, 4) is 11.3 Å². The van der Waals surface area contributed by atoms with Crippen molar-refractivity contribution in [2.75, 3.05) is 11.9 Å². The predicted octanol–water partition coefficient (Wildman–Crippen LogP) is 3.08. The highest BCUT2D eigenvalue weighted by Gasteiger charge is 2.26. The lowest BCUT2D eigenvalue weighted by atomic mass is 9.98. The van der Waals surface area contributed by atoms with Crippen molar-refractivity contribution in [1.29, 1.82) is 0 Å². The SMILES string of the molecule is CCCC(NC(=O)C(CO)c1ccccc1)C(=O)Nc1cc(-c2ccccc2)[nH]n1. The lowest BCUT2D eigenvalue weighted by molar-refractivity contribution is -0.128. The third kappa shape index (κ3) is 5.33. The molecule has 1 heterocycles. The molecular weight excluding hydrogens is 380 g/mol. The van der Waals surface area contributed by atoms with Crippen LogP contribution in [0.4, 0.5) is 5.82 Å². The number of rotatable bonds is 9. The third-order valence-electron chi connectivity index (χ3n) is 4.83. The summed E-state index contributed by atoms with van der Waals surface area (Å²) in [7, 11) is 0. The van der Waals surface area contributed by atoms with Gasteiger partial charge in [0.2, 0.25) is 11.8 Å². The van der Waals surface area contributed by atoms with Crippen molar-refractivity contribution in [2.24, 2.45) is 0 Å². The van der Waals surface area contributed by atoms with E-state index in [1.54, 1.807) is 18.2 Å². The van der Waals surface area contributed by atoms with E-state index in [4.69, 9.17) is 0 Å². The third-order valence-corrected chi connectivity index (χ3v) is 4.83. The summed E-state index contributed by atoms with van der Waals surface area (Å²) in [6.07, 6.45) is 1.18. The lowest BCUT2D eigenvalue weighted by Crippen LogP contribution is -2.46. The van der Waals surface area contributed by atoms with Gasteiger partial charge in [0.15, 0.2) is 5.82 Å². The first-order valence-corrected chi connectivity index (χ1v) is 10.00. The van der Waals surface area contributed by atoms with E-state index < -0.39 is 12.0 Å². The second-order valence-electron chi connectivity index (χ2n) is 7.02. The Morgan fingerprint density at radius 2 is 1.70 bits per heavy atom. The molecule has 7 heteroatoms. The van der Waals surface area contributed by atoms with Crippen LogP contribution in [0.25, 0.3) is 11.3 Å². The highest BCUT2D eigenvalue weighted by atomic mass is 16.3. The average Bonchev–Trinajstić information content (AvgIpc) is 3.24. The Hall–Kier alpha value is -3.45. The van der Waals surface area contributed by atoms with E-state index >= 15 is 0 Å². The zero-order valence-corrected chi connectivity index (χ0v) is 16.8. The summed E-state index contributed by atoms with van der Waals surface area (Å²) >= 11 is 0. The molecule has 0 spiro atoms. The summed E-state index contributed by atoms with van der Waals surface area (Å²) < 4.78 is 0. The molecule has 4 N–H and O–H groups in total. The van der Waals surface area contributed by atoms with Crippen molar-refractivity contribution in [2.45, 2.75) is 31.7 Å². The Balaban J connectivity index is 1.67. The van der Waals surface area contributed by atoms with Crippen LogP contribution in [0.1, 0.15) is 31.2 Å². The standard InChI is InChI=1S/C23H26N4O3/c1-2-9-19(24-22(29)18(15-28)16-10-5-3-6-11-16)23(30)25-21-14-20(26-27-21)17-12-7-4-8-13-17/h3-8,10-14,18-19,28H,2,9,15H2,1H3,(H,24,29)(H2,25,26,27,30). The fourth-order valence-corrected chi connectivity index (χ4v) is 3.22. The van der Waals surface area contributed by atoms with E-state index in [0.29, 0.717) is 24.2 Å². The number of aliphatic hydroxyl groups excluding tert-OH is 1. The molecule has 30 heavy (non-hydrogen) atoms. The van der Waals surface area contributed by atoms with Crippen LogP contribution in [0.15, 0.2) is 66.7 Å². The largest absolute Gasteiger partial charge is 0.395 e. The number of aromatic amines is 1. The van der Waals surface area contributed by atoms with E-state index in [0.717, 1.165) is 11.3 Å². The number of nitrogens with one attached hydrogen (secondary N) is 3. The second kappa shape index (κ2) is 10.4. The molecule has 0 aliphatic heterocycles. The summed E-state index contributed by atoms with van der Waals surface area (Å²) in [5, 5.41) is 22.3. The maximum atomic E-state index is 12.8. The van der Waals surface area contributed by atoms with E-state index in [9.17, 15) is 14.7 Å². The molecule has 0 radical (unpaired) electrons. The van der Waals surface area contributed by atoms with Crippen molar-refractivity contribution >= 4 is 17.6 Å². The first-order valence-electron chi connectivity index (χ1n) is 10.00. The van der Waals surface area contributed by atoms with Gasteiger partial charge in [0, 0.05) is 6.07 Å². The number of aliphatic hydroxyl groups is 1. The molecule has 2 aromatic carbocycles. The minimum Gasteiger partial charge on any atom is -0.395 e. The Morgan fingerprint density at radius 3 is 2.33 bits per heavy atom. The number of nitrogens with zero attached hydrogens (tertiary/aromatic N) is 1. The highest BCUT2D eigenvalue weighted by molar-refractivity contribution is 5.97. The second-order valence-corrected chi connectivity index (χ2v) is 7.02. The number of anilines is 1. The van der Waals surface area contributed by atoms with Gasteiger partial charge in [-0.05, 0) is 17.5 Å². The van der Waals surface area contributed by atoms with E-state index in [2.05, 4.69) is 20.8 Å². The molecular formula is C23H26N4O3. The van der Waals surface area contributed by atoms with Gasteiger partial charge >= 0.3 is 0 Å². The van der Waals surface area contributed by atoms with Gasteiger partial charge in [-0.3, -0.25) is 14.7 Å². The monoisotopic (exact) mass is 406 g/mol. The molecule has 2 atom stereocenters. The van der Waals surface area contributed by atoms with Crippen LogP contribution >= 0.6 is 0 Å². The first-order chi connectivity index (χ1) is 14.6. The number of carbonyl (C=O) groups is 2. The minimum absolute atomic E-state index is 0.337. The maximum Gasteiger partial charge on any atom is 0.248 e. The summed E-state index contributed by atoms with van der Waals surface area (Å²) in [4.78, 5) is 25.5. The van der Waals surface area contributed by atoms with Crippen LogP contribution in [-0.4, -0.2) is 39.8 Å². The van der Waals surface area contributed by atoms with Gasteiger partial charge in [0.05, 0.1) is 18.2 Å². The zero-order valence-electron chi connectivity index (χ0n) is 16.8. The first kappa shape index (κ1) is 21.3. The van der Waals surface area contributed by atoms with Crippen LogP contribution in [0.3, 0.4) is 0 Å². The molecule has 7 nitrogen and oxygen atoms in total. The molecule has 2 amide bonds. The molecule has 0 aliphatic carbocycles. The Labute approximate surface area is 175 Å². The molecule has 3 aromatic rings. The molecule has 156 valence electrons. The van der Waals surface area contributed by atoms with Crippen molar-refractivity contribution < 1.29 is 14.7 Å².